The summed E-state index contributed by atoms with van der Waals surface area (Å²) >= 11 is 2.25. The molecular weight excluding hydrogens is 385 g/mol. The van der Waals surface area contributed by atoms with Crippen LogP contribution in [0.3, 0.4) is 0 Å². The van der Waals surface area contributed by atoms with Crippen LogP contribution in [0, 0.1) is 15.2 Å². The summed E-state index contributed by atoms with van der Waals surface area (Å²) in [6.07, 6.45) is 3.61. The maximum atomic E-state index is 13.2. The molecule has 5 heteroatoms. The monoisotopic (exact) mass is 396 g/mol. The zero-order valence-corrected chi connectivity index (χ0v) is 13.1. The van der Waals surface area contributed by atoms with Crippen molar-refractivity contribution in [3.8, 4) is 11.1 Å². The molecule has 106 valence electrons. The third-order valence-corrected chi connectivity index (χ3v) is 3.80. The highest BCUT2D eigenvalue weighted by Gasteiger charge is 2.05. The highest BCUT2D eigenvalue weighted by atomic mass is 127. The quantitative estimate of drug-likeness (QED) is 0.597. The van der Waals surface area contributed by atoms with Crippen molar-refractivity contribution >= 4 is 22.6 Å². The zero-order valence-electron chi connectivity index (χ0n) is 10.9. The van der Waals surface area contributed by atoms with Gasteiger partial charge in [-0.25, -0.2) is 8.78 Å². The maximum absolute atomic E-state index is 13.2. The van der Waals surface area contributed by atoms with Gasteiger partial charge in [0.05, 0.1) is 12.7 Å². The lowest BCUT2D eigenvalue weighted by molar-refractivity contribution is 0.574. The van der Waals surface area contributed by atoms with Gasteiger partial charge >= 0.3 is 0 Å². The van der Waals surface area contributed by atoms with E-state index in [1.807, 2.05) is 30.5 Å². The minimum Gasteiger partial charge on any atom is -0.268 e. The van der Waals surface area contributed by atoms with Crippen LogP contribution in [0.15, 0.2) is 54.9 Å². The number of benzene rings is 2. The van der Waals surface area contributed by atoms with E-state index in [0.717, 1.165) is 17.2 Å². The molecule has 0 atom stereocenters. The first-order chi connectivity index (χ1) is 10.1. The smallest absolute Gasteiger partial charge is 0.126 e. The summed E-state index contributed by atoms with van der Waals surface area (Å²) in [7, 11) is 0. The molecule has 21 heavy (non-hydrogen) atoms. The van der Waals surface area contributed by atoms with Crippen LogP contribution in [0.5, 0.6) is 0 Å². The molecule has 0 saturated heterocycles. The molecule has 0 fully saturated rings. The van der Waals surface area contributed by atoms with E-state index in [-0.39, 0.29) is 0 Å². The van der Waals surface area contributed by atoms with Crippen molar-refractivity contribution in [3.05, 3.63) is 75.6 Å². The second-order valence-electron chi connectivity index (χ2n) is 4.71. The van der Waals surface area contributed by atoms with Crippen LogP contribution in [-0.4, -0.2) is 9.78 Å². The van der Waals surface area contributed by atoms with Crippen LogP contribution >= 0.6 is 22.6 Å². The molecule has 0 unspecified atom stereocenters. The van der Waals surface area contributed by atoms with Crippen molar-refractivity contribution in [2.24, 2.45) is 0 Å². The van der Waals surface area contributed by atoms with E-state index < -0.39 is 11.6 Å². The molecule has 3 rings (SSSR count). The topological polar surface area (TPSA) is 17.8 Å². The summed E-state index contributed by atoms with van der Waals surface area (Å²) in [6, 6.07) is 11.6. The predicted molar refractivity (Wildman–Crippen MR) is 85.8 cm³/mol. The van der Waals surface area contributed by atoms with Crippen LogP contribution in [0.25, 0.3) is 11.1 Å². The minimum absolute atomic E-state index is 0.332. The molecule has 2 aromatic carbocycles. The Hall–Kier alpha value is -1.76. The van der Waals surface area contributed by atoms with E-state index in [0.29, 0.717) is 12.1 Å². The molecule has 0 aliphatic rings. The van der Waals surface area contributed by atoms with Gasteiger partial charge in [-0.15, -0.1) is 0 Å². The molecule has 0 spiro atoms. The van der Waals surface area contributed by atoms with Crippen LogP contribution in [0.4, 0.5) is 8.78 Å². The fourth-order valence-electron chi connectivity index (χ4n) is 2.13. The van der Waals surface area contributed by atoms with E-state index in [2.05, 4.69) is 27.7 Å². The molecule has 0 saturated carbocycles. The maximum Gasteiger partial charge on any atom is 0.126 e. The molecule has 1 heterocycles. The molecule has 0 bridgehead atoms. The first-order valence-electron chi connectivity index (χ1n) is 6.33. The highest BCUT2D eigenvalue weighted by molar-refractivity contribution is 14.1. The summed E-state index contributed by atoms with van der Waals surface area (Å²) < 4.78 is 29.2. The van der Waals surface area contributed by atoms with Crippen molar-refractivity contribution in [1.29, 1.82) is 0 Å². The van der Waals surface area contributed by atoms with E-state index in [1.54, 1.807) is 10.9 Å². The fourth-order valence-corrected chi connectivity index (χ4v) is 2.49. The van der Waals surface area contributed by atoms with Crippen molar-refractivity contribution in [1.82, 2.24) is 9.78 Å². The third kappa shape index (κ3) is 3.47. The number of aromatic nitrogens is 2. The van der Waals surface area contributed by atoms with Gasteiger partial charge in [-0.2, -0.15) is 5.10 Å². The summed E-state index contributed by atoms with van der Waals surface area (Å²) in [4.78, 5) is 0. The van der Waals surface area contributed by atoms with E-state index in [4.69, 9.17) is 0 Å². The average molecular weight is 396 g/mol. The van der Waals surface area contributed by atoms with Crippen LogP contribution in [0.1, 0.15) is 5.56 Å². The Labute approximate surface area is 134 Å². The standard InChI is InChI=1S/C16H11F2IN2/c17-14-5-11(6-15(18)7-14)9-21-10-13(8-20-21)12-1-3-16(19)4-2-12/h1-8,10H,9H2. The average Bonchev–Trinajstić information content (AvgIpc) is 2.87. The van der Waals surface area contributed by atoms with Gasteiger partial charge < -0.3 is 0 Å². The van der Waals surface area contributed by atoms with Gasteiger partial charge in [0.1, 0.15) is 11.6 Å². The number of rotatable bonds is 3. The van der Waals surface area contributed by atoms with Crippen molar-refractivity contribution in [2.75, 3.05) is 0 Å². The Morgan fingerprint density at radius 3 is 2.29 bits per heavy atom. The number of hydrogen-bond acceptors (Lipinski definition) is 1. The van der Waals surface area contributed by atoms with Gasteiger partial charge in [-0.1, -0.05) is 12.1 Å². The molecule has 0 amide bonds. The lowest BCUT2D eigenvalue weighted by atomic mass is 10.1. The molecule has 2 nitrogen and oxygen atoms in total. The molecule has 0 radical (unpaired) electrons. The Morgan fingerprint density at radius 1 is 0.952 bits per heavy atom. The van der Waals surface area contributed by atoms with Crippen LogP contribution < -0.4 is 0 Å². The second kappa shape index (κ2) is 5.93. The van der Waals surface area contributed by atoms with Crippen LogP contribution in [-0.2, 0) is 6.54 Å². The van der Waals surface area contributed by atoms with Gasteiger partial charge in [0.15, 0.2) is 0 Å². The lowest BCUT2D eigenvalue weighted by Gasteiger charge is -2.02. The number of nitrogens with zero attached hydrogens (tertiary/aromatic N) is 2. The number of hydrogen-bond donors (Lipinski definition) is 0. The lowest BCUT2D eigenvalue weighted by Crippen LogP contribution is -2.00. The fraction of sp³-hybridized carbons (Fsp3) is 0.0625. The molecule has 0 aliphatic heterocycles. The van der Waals surface area contributed by atoms with Gasteiger partial charge in [-0.05, 0) is 58.0 Å². The Kier molecular flexibility index (Phi) is 4.01. The van der Waals surface area contributed by atoms with Crippen molar-refractivity contribution in [2.45, 2.75) is 6.54 Å². The Bertz CT molecular complexity index is 746. The molecule has 0 N–H and O–H groups in total. The van der Waals surface area contributed by atoms with Gasteiger partial charge in [0.25, 0.3) is 0 Å². The van der Waals surface area contributed by atoms with Gasteiger partial charge in [0, 0.05) is 21.4 Å². The third-order valence-electron chi connectivity index (χ3n) is 3.08. The van der Waals surface area contributed by atoms with Crippen LogP contribution in [0.2, 0.25) is 0 Å². The van der Waals surface area contributed by atoms with E-state index in [1.165, 1.54) is 15.7 Å². The van der Waals surface area contributed by atoms with Gasteiger partial charge in [-0.3, -0.25) is 4.68 Å². The summed E-state index contributed by atoms with van der Waals surface area (Å²) in [5.74, 6) is -1.15. The zero-order chi connectivity index (χ0) is 14.8. The molecular formula is C16H11F2IN2. The summed E-state index contributed by atoms with van der Waals surface area (Å²) in [5.41, 5.74) is 2.58. The molecule has 3 aromatic rings. The number of halogens is 3. The van der Waals surface area contributed by atoms with E-state index >= 15 is 0 Å². The second-order valence-corrected chi connectivity index (χ2v) is 5.96. The van der Waals surface area contributed by atoms with Crippen molar-refractivity contribution < 1.29 is 8.78 Å². The first-order valence-corrected chi connectivity index (χ1v) is 7.41. The Morgan fingerprint density at radius 2 is 1.62 bits per heavy atom. The predicted octanol–water partition coefficient (Wildman–Crippen LogP) is 4.48. The SMILES string of the molecule is Fc1cc(F)cc(Cn2cc(-c3ccc(I)cc3)cn2)c1. The summed E-state index contributed by atoms with van der Waals surface area (Å²) in [6.45, 7) is 0.332. The summed E-state index contributed by atoms with van der Waals surface area (Å²) in [5, 5.41) is 4.24. The minimum atomic E-state index is -0.574. The normalized spacial score (nSPS) is 10.8. The Balaban J connectivity index is 1.83. The van der Waals surface area contributed by atoms with Gasteiger partial charge in [0.2, 0.25) is 0 Å². The largest absolute Gasteiger partial charge is 0.268 e. The van der Waals surface area contributed by atoms with E-state index in [9.17, 15) is 8.78 Å². The molecule has 0 aliphatic carbocycles. The highest BCUT2D eigenvalue weighted by Crippen LogP contribution is 2.20. The first kappa shape index (κ1) is 14.2. The molecule has 1 aromatic heterocycles. The van der Waals surface area contributed by atoms with Crippen molar-refractivity contribution in [3.63, 3.8) is 0 Å².